The first-order chi connectivity index (χ1) is 15.4. The maximum atomic E-state index is 12.8. The van der Waals surface area contributed by atoms with Gasteiger partial charge < -0.3 is 15.1 Å². The molecule has 7 nitrogen and oxygen atoms in total. The quantitative estimate of drug-likeness (QED) is 0.724. The molecule has 8 heteroatoms. The van der Waals surface area contributed by atoms with Crippen LogP contribution in [0.2, 0.25) is 0 Å². The molecule has 172 valence electrons. The summed E-state index contributed by atoms with van der Waals surface area (Å²) >= 11 is 0. The number of piperazine rings is 1. The normalized spacial score (nSPS) is 18.5. The largest absolute Gasteiger partial charge is 0.367 e. The molecule has 0 aliphatic carbocycles. The predicted molar refractivity (Wildman–Crippen MR) is 128 cm³/mol. The lowest BCUT2D eigenvalue weighted by Crippen LogP contribution is -2.44. The van der Waals surface area contributed by atoms with E-state index in [0.717, 1.165) is 62.4 Å². The van der Waals surface area contributed by atoms with Gasteiger partial charge in [-0.25, -0.2) is 8.42 Å². The highest BCUT2D eigenvalue weighted by Crippen LogP contribution is 2.27. The number of benzene rings is 2. The molecule has 2 aliphatic rings. The summed E-state index contributed by atoms with van der Waals surface area (Å²) in [7, 11) is -1.33. The van der Waals surface area contributed by atoms with Crippen molar-refractivity contribution in [2.45, 2.75) is 30.6 Å². The number of amides is 1. The van der Waals surface area contributed by atoms with Crippen LogP contribution in [0.4, 0.5) is 11.4 Å². The Morgan fingerprint density at radius 2 is 1.53 bits per heavy atom. The molecule has 2 heterocycles. The highest BCUT2D eigenvalue weighted by molar-refractivity contribution is 7.89. The second-order valence-corrected chi connectivity index (χ2v) is 10.6. The number of para-hydroxylation sites is 2. The van der Waals surface area contributed by atoms with Gasteiger partial charge in [0.05, 0.1) is 22.7 Å². The number of hydrogen-bond donors (Lipinski definition) is 1. The minimum Gasteiger partial charge on any atom is -0.367 e. The minimum absolute atomic E-state index is 0.113. The molecule has 0 unspecified atom stereocenters. The molecule has 0 bridgehead atoms. The van der Waals surface area contributed by atoms with Crippen LogP contribution >= 0.6 is 0 Å². The van der Waals surface area contributed by atoms with Gasteiger partial charge in [0.1, 0.15) is 0 Å². The molecule has 0 aromatic heterocycles. The smallest absolute Gasteiger partial charge is 0.243 e. The summed E-state index contributed by atoms with van der Waals surface area (Å²) in [6, 6.07) is 14.6. The fraction of sp³-hybridized carbons (Fsp3) is 0.458. The Bertz CT molecular complexity index is 1030. The van der Waals surface area contributed by atoms with Crippen molar-refractivity contribution in [3.8, 4) is 0 Å². The Morgan fingerprint density at radius 1 is 0.875 bits per heavy atom. The van der Waals surface area contributed by atoms with Crippen LogP contribution in [0.15, 0.2) is 53.4 Å². The van der Waals surface area contributed by atoms with E-state index in [-0.39, 0.29) is 12.3 Å². The van der Waals surface area contributed by atoms with Crippen molar-refractivity contribution >= 4 is 27.3 Å². The second-order valence-electron chi connectivity index (χ2n) is 8.64. The second kappa shape index (κ2) is 10.0. The number of piperidine rings is 1. The lowest BCUT2D eigenvalue weighted by atomic mass is 10.1. The van der Waals surface area contributed by atoms with Gasteiger partial charge in [0.15, 0.2) is 0 Å². The lowest BCUT2D eigenvalue weighted by Gasteiger charge is -2.35. The summed E-state index contributed by atoms with van der Waals surface area (Å²) < 4.78 is 27.2. The molecule has 32 heavy (non-hydrogen) atoms. The van der Waals surface area contributed by atoms with Crippen LogP contribution in [0.5, 0.6) is 0 Å². The van der Waals surface area contributed by atoms with Crippen LogP contribution in [0.3, 0.4) is 0 Å². The molecule has 2 aromatic carbocycles. The third-order valence-corrected chi connectivity index (χ3v) is 8.18. The molecular formula is C24H32N4O3S. The van der Waals surface area contributed by atoms with E-state index < -0.39 is 10.0 Å². The van der Waals surface area contributed by atoms with E-state index >= 15 is 0 Å². The number of carbonyl (C=O) groups is 1. The number of rotatable bonds is 6. The summed E-state index contributed by atoms with van der Waals surface area (Å²) in [6.07, 6.45) is 3.10. The first kappa shape index (κ1) is 22.8. The molecule has 0 saturated carbocycles. The van der Waals surface area contributed by atoms with Gasteiger partial charge in [-0.2, -0.15) is 4.31 Å². The van der Waals surface area contributed by atoms with Crippen molar-refractivity contribution in [2.75, 3.05) is 56.5 Å². The molecule has 4 rings (SSSR count). The fourth-order valence-electron chi connectivity index (χ4n) is 4.32. The maximum Gasteiger partial charge on any atom is 0.243 e. The predicted octanol–water partition coefficient (Wildman–Crippen LogP) is 2.79. The van der Waals surface area contributed by atoms with Crippen molar-refractivity contribution in [1.29, 1.82) is 0 Å². The third-order valence-electron chi connectivity index (χ3n) is 6.26. The van der Waals surface area contributed by atoms with Crippen LogP contribution in [-0.2, 0) is 21.2 Å². The number of nitrogens with one attached hydrogen (secondary N) is 1. The maximum absolute atomic E-state index is 12.8. The van der Waals surface area contributed by atoms with Crippen LogP contribution in [0.1, 0.15) is 24.8 Å². The summed E-state index contributed by atoms with van der Waals surface area (Å²) in [5, 5.41) is 3.04. The van der Waals surface area contributed by atoms with Crippen LogP contribution < -0.4 is 10.2 Å². The first-order valence-corrected chi connectivity index (χ1v) is 12.8. The SMILES string of the molecule is CN1CCN(c2ccccc2NC(=O)Cc2ccc(S(=O)(=O)N3CCCCC3)cc2)CC1. The monoisotopic (exact) mass is 456 g/mol. The van der Waals surface area contributed by atoms with Crippen LogP contribution in [0.25, 0.3) is 0 Å². The van der Waals surface area contributed by atoms with Crippen LogP contribution in [-0.4, -0.2) is 69.8 Å². The summed E-state index contributed by atoms with van der Waals surface area (Å²) in [6.45, 7) is 5.01. The highest BCUT2D eigenvalue weighted by Gasteiger charge is 2.25. The summed E-state index contributed by atoms with van der Waals surface area (Å²) in [4.78, 5) is 17.6. The Balaban J connectivity index is 1.40. The summed E-state index contributed by atoms with van der Waals surface area (Å²) in [5.74, 6) is -0.113. The van der Waals surface area contributed by atoms with Crippen molar-refractivity contribution in [3.05, 3.63) is 54.1 Å². The van der Waals surface area contributed by atoms with Crippen molar-refractivity contribution in [1.82, 2.24) is 9.21 Å². The van der Waals surface area contributed by atoms with Crippen molar-refractivity contribution in [3.63, 3.8) is 0 Å². The molecule has 2 saturated heterocycles. The zero-order chi connectivity index (χ0) is 22.6. The van der Waals surface area contributed by atoms with Gasteiger partial charge in [-0.15, -0.1) is 0 Å². The fourth-order valence-corrected chi connectivity index (χ4v) is 5.83. The Hall–Kier alpha value is -2.42. The average molecular weight is 457 g/mol. The van der Waals surface area contributed by atoms with Gasteiger partial charge in [0.25, 0.3) is 0 Å². The lowest BCUT2D eigenvalue weighted by molar-refractivity contribution is -0.115. The first-order valence-electron chi connectivity index (χ1n) is 11.3. The molecular weight excluding hydrogens is 424 g/mol. The molecule has 1 amide bonds. The molecule has 2 fully saturated rings. The van der Waals surface area contributed by atoms with Crippen molar-refractivity contribution < 1.29 is 13.2 Å². The standard InChI is InChI=1S/C24H32N4O3S/c1-26-15-17-27(18-16-26)23-8-4-3-7-22(23)25-24(29)19-20-9-11-21(12-10-20)32(30,31)28-13-5-2-6-14-28/h3-4,7-12H,2,5-6,13-19H2,1H3,(H,25,29). The van der Waals surface area contributed by atoms with Gasteiger partial charge in [0.2, 0.25) is 15.9 Å². The number of likely N-dealkylation sites (N-methyl/N-ethyl adjacent to an activating group) is 1. The van der Waals surface area contributed by atoms with E-state index in [1.54, 1.807) is 28.6 Å². The Morgan fingerprint density at radius 3 is 2.22 bits per heavy atom. The number of nitrogens with zero attached hydrogens (tertiary/aromatic N) is 3. The molecule has 0 radical (unpaired) electrons. The van der Waals surface area contributed by atoms with Gasteiger partial charge in [-0.1, -0.05) is 30.7 Å². The van der Waals surface area contributed by atoms with E-state index in [2.05, 4.69) is 22.2 Å². The zero-order valence-electron chi connectivity index (χ0n) is 18.7. The Labute approximate surface area is 191 Å². The molecule has 2 aliphatic heterocycles. The highest BCUT2D eigenvalue weighted by atomic mass is 32.2. The Kier molecular flexibility index (Phi) is 7.13. The average Bonchev–Trinajstić information content (AvgIpc) is 2.81. The number of carbonyl (C=O) groups excluding carboxylic acids is 1. The molecule has 1 N–H and O–H groups in total. The van der Waals surface area contributed by atoms with Gasteiger partial charge >= 0.3 is 0 Å². The zero-order valence-corrected chi connectivity index (χ0v) is 19.5. The number of anilines is 2. The topological polar surface area (TPSA) is 73.0 Å². The van der Waals surface area contributed by atoms with Crippen molar-refractivity contribution in [2.24, 2.45) is 0 Å². The summed E-state index contributed by atoms with van der Waals surface area (Å²) in [5.41, 5.74) is 2.64. The number of sulfonamides is 1. The van der Waals surface area contributed by atoms with Gasteiger partial charge in [-0.3, -0.25) is 4.79 Å². The molecule has 2 aromatic rings. The van der Waals surface area contributed by atoms with E-state index in [1.807, 2.05) is 24.3 Å². The van der Waals surface area contributed by atoms with E-state index in [4.69, 9.17) is 0 Å². The van der Waals surface area contributed by atoms with Crippen LogP contribution in [0, 0.1) is 0 Å². The molecule has 0 atom stereocenters. The van der Waals surface area contributed by atoms with Gasteiger partial charge in [0, 0.05) is 39.3 Å². The van der Waals surface area contributed by atoms with E-state index in [9.17, 15) is 13.2 Å². The molecule has 0 spiro atoms. The number of hydrogen-bond acceptors (Lipinski definition) is 5. The minimum atomic E-state index is -3.45. The van der Waals surface area contributed by atoms with Gasteiger partial charge in [-0.05, 0) is 49.7 Å². The van der Waals surface area contributed by atoms with E-state index in [1.165, 1.54) is 0 Å². The van der Waals surface area contributed by atoms with E-state index in [0.29, 0.717) is 18.0 Å². The third kappa shape index (κ3) is 5.31.